The summed E-state index contributed by atoms with van der Waals surface area (Å²) in [5.74, 6) is -0.323. The number of halogens is 3. The Balaban J connectivity index is 1.68. The Kier molecular flexibility index (Phi) is 3.29. The van der Waals surface area contributed by atoms with E-state index < -0.39 is 12.6 Å². The predicted molar refractivity (Wildman–Crippen MR) is 68.3 cm³/mol. The molecule has 2 aliphatic rings. The Morgan fingerprint density at radius 3 is 2.68 bits per heavy atom. The molecule has 1 atom stereocenters. The van der Waals surface area contributed by atoms with Crippen LogP contribution in [0.1, 0.15) is 35.4 Å². The molecule has 1 aromatic carbocycles. The Hall–Kier alpha value is -1.03. The molecule has 104 valence electrons. The maximum Gasteiger partial charge on any atom is 0.389 e. The second kappa shape index (κ2) is 4.82. The summed E-state index contributed by atoms with van der Waals surface area (Å²) in [5.41, 5.74) is 3.32. The predicted octanol–water partition coefficient (Wildman–Crippen LogP) is 3.53. The van der Waals surface area contributed by atoms with Crippen molar-refractivity contribution in [1.82, 2.24) is 4.90 Å². The summed E-state index contributed by atoms with van der Waals surface area (Å²) >= 11 is 0. The molecule has 1 nitrogen and oxygen atoms in total. The first-order valence-electron chi connectivity index (χ1n) is 6.92. The molecule has 0 radical (unpaired) electrons. The number of rotatable bonds is 4. The Morgan fingerprint density at radius 2 is 2.00 bits per heavy atom. The molecular weight excluding hydrogens is 251 g/mol. The summed E-state index contributed by atoms with van der Waals surface area (Å²) in [6.07, 6.45) is -2.27. The fourth-order valence-corrected chi connectivity index (χ4v) is 2.99. The number of benzene rings is 1. The zero-order chi connectivity index (χ0) is 13.5. The standard InChI is InChI=1S/C15H18F3N/c16-15(17,18)10-13-3-2-12-9-11(1-4-14(12)13)5-6-19-7-8-19/h1,4,9,13H,2-3,5-8,10H2. The van der Waals surface area contributed by atoms with E-state index >= 15 is 0 Å². The topological polar surface area (TPSA) is 3.01 Å². The molecule has 0 N–H and O–H groups in total. The van der Waals surface area contributed by atoms with Gasteiger partial charge in [-0.15, -0.1) is 0 Å². The Labute approximate surface area is 111 Å². The number of hydrogen-bond acceptors (Lipinski definition) is 1. The average Bonchev–Trinajstić information content (AvgIpc) is 3.08. The second-order valence-electron chi connectivity index (χ2n) is 5.68. The van der Waals surface area contributed by atoms with E-state index in [2.05, 4.69) is 11.0 Å². The molecular formula is C15H18F3N. The minimum atomic E-state index is -4.05. The first-order valence-corrected chi connectivity index (χ1v) is 6.92. The highest BCUT2D eigenvalue weighted by molar-refractivity contribution is 5.38. The molecule has 4 heteroatoms. The van der Waals surface area contributed by atoms with Gasteiger partial charge in [-0.2, -0.15) is 13.2 Å². The Bertz CT molecular complexity index is 463. The van der Waals surface area contributed by atoms with E-state index in [4.69, 9.17) is 0 Å². The lowest BCUT2D eigenvalue weighted by atomic mass is 9.96. The third-order valence-electron chi connectivity index (χ3n) is 4.14. The SMILES string of the molecule is FC(F)(F)CC1CCc2cc(CCN3CC3)ccc21. The molecule has 1 fully saturated rings. The fraction of sp³-hybridized carbons (Fsp3) is 0.600. The van der Waals surface area contributed by atoms with E-state index in [0.29, 0.717) is 6.42 Å². The van der Waals surface area contributed by atoms with E-state index in [0.717, 1.165) is 30.5 Å². The molecule has 1 aliphatic carbocycles. The molecule has 0 spiro atoms. The zero-order valence-electron chi connectivity index (χ0n) is 10.8. The molecule has 0 aromatic heterocycles. The van der Waals surface area contributed by atoms with Gasteiger partial charge < -0.3 is 4.90 Å². The molecule has 0 amide bonds. The lowest BCUT2D eigenvalue weighted by Crippen LogP contribution is -2.12. The average molecular weight is 269 g/mol. The van der Waals surface area contributed by atoms with E-state index in [1.165, 1.54) is 18.7 Å². The van der Waals surface area contributed by atoms with Crippen LogP contribution < -0.4 is 0 Å². The number of alkyl halides is 3. The van der Waals surface area contributed by atoms with Crippen LogP contribution in [0.5, 0.6) is 0 Å². The van der Waals surface area contributed by atoms with Crippen LogP contribution in [0.25, 0.3) is 0 Å². The highest BCUT2D eigenvalue weighted by Crippen LogP contribution is 2.40. The molecule has 1 heterocycles. The molecule has 1 unspecified atom stereocenters. The number of nitrogens with zero attached hydrogens (tertiary/aromatic N) is 1. The van der Waals surface area contributed by atoms with Gasteiger partial charge in [0, 0.05) is 19.6 Å². The molecule has 1 aliphatic heterocycles. The van der Waals surface area contributed by atoms with E-state index in [-0.39, 0.29) is 5.92 Å². The molecule has 0 saturated carbocycles. The van der Waals surface area contributed by atoms with Gasteiger partial charge in [0.1, 0.15) is 0 Å². The fourth-order valence-electron chi connectivity index (χ4n) is 2.99. The second-order valence-corrected chi connectivity index (χ2v) is 5.68. The van der Waals surface area contributed by atoms with E-state index in [1.54, 1.807) is 0 Å². The van der Waals surface area contributed by atoms with Crippen molar-refractivity contribution < 1.29 is 13.2 Å². The van der Waals surface area contributed by atoms with Crippen LogP contribution in [0.2, 0.25) is 0 Å². The quantitative estimate of drug-likeness (QED) is 0.756. The van der Waals surface area contributed by atoms with Crippen molar-refractivity contribution in [3.8, 4) is 0 Å². The number of hydrogen-bond donors (Lipinski definition) is 0. The van der Waals surface area contributed by atoms with Gasteiger partial charge in [-0.1, -0.05) is 18.2 Å². The largest absolute Gasteiger partial charge is 0.389 e. The van der Waals surface area contributed by atoms with E-state index in [9.17, 15) is 13.2 Å². The summed E-state index contributed by atoms with van der Waals surface area (Å²) in [6.45, 7) is 3.46. The maximum atomic E-state index is 12.5. The van der Waals surface area contributed by atoms with Crippen LogP contribution in [0.3, 0.4) is 0 Å². The summed E-state index contributed by atoms with van der Waals surface area (Å²) in [7, 11) is 0. The highest BCUT2D eigenvalue weighted by atomic mass is 19.4. The monoisotopic (exact) mass is 269 g/mol. The van der Waals surface area contributed by atoms with Crippen molar-refractivity contribution in [2.24, 2.45) is 0 Å². The minimum absolute atomic E-state index is 0.323. The molecule has 19 heavy (non-hydrogen) atoms. The summed E-state index contributed by atoms with van der Waals surface area (Å²) in [4.78, 5) is 2.36. The Morgan fingerprint density at radius 1 is 1.21 bits per heavy atom. The first-order chi connectivity index (χ1) is 9.01. The molecule has 1 saturated heterocycles. The molecule has 0 bridgehead atoms. The van der Waals surface area contributed by atoms with Gasteiger partial charge in [-0.05, 0) is 41.9 Å². The van der Waals surface area contributed by atoms with Gasteiger partial charge in [-0.3, -0.25) is 0 Å². The summed E-state index contributed by atoms with van der Waals surface area (Å²) in [5, 5.41) is 0. The van der Waals surface area contributed by atoms with Gasteiger partial charge in [-0.25, -0.2) is 0 Å². The van der Waals surface area contributed by atoms with Crippen molar-refractivity contribution in [1.29, 1.82) is 0 Å². The van der Waals surface area contributed by atoms with Gasteiger partial charge in [0.25, 0.3) is 0 Å². The van der Waals surface area contributed by atoms with E-state index in [1.807, 2.05) is 12.1 Å². The minimum Gasteiger partial charge on any atom is -0.300 e. The van der Waals surface area contributed by atoms with Crippen LogP contribution in [0.15, 0.2) is 18.2 Å². The summed E-state index contributed by atoms with van der Waals surface area (Å²) in [6, 6.07) is 6.06. The highest BCUT2D eigenvalue weighted by Gasteiger charge is 2.35. The first kappa shape index (κ1) is 13.0. The van der Waals surface area contributed by atoms with Gasteiger partial charge in [0.2, 0.25) is 0 Å². The van der Waals surface area contributed by atoms with Crippen LogP contribution in [-0.2, 0) is 12.8 Å². The molecule has 3 rings (SSSR count). The third-order valence-corrected chi connectivity index (χ3v) is 4.14. The smallest absolute Gasteiger partial charge is 0.300 e. The molecule has 1 aromatic rings. The number of aryl methyl sites for hydroxylation is 1. The van der Waals surface area contributed by atoms with Crippen LogP contribution >= 0.6 is 0 Å². The van der Waals surface area contributed by atoms with Crippen molar-refractivity contribution in [3.63, 3.8) is 0 Å². The zero-order valence-corrected chi connectivity index (χ0v) is 10.8. The van der Waals surface area contributed by atoms with Crippen molar-refractivity contribution >= 4 is 0 Å². The van der Waals surface area contributed by atoms with Crippen molar-refractivity contribution in [2.75, 3.05) is 19.6 Å². The van der Waals surface area contributed by atoms with Crippen molar-refractivity contribution in [3.05, 3.63) is 34.9 Å². The summed E-state index contributed by atoms with van der Waals surface area (Å²) < 4.78 is 37.5. The maximum absolute atomic E-state index is 12.5. The van der Waals surface area contributed by atoms with Gasteiger partial charge in [0.05, 0.1) is 6.42 Å². The lowest BCUT2D eigenvalue weighted by Gasteiger charge is -2.14. The number of fused-ring (bicyclic) bond motifs is 1. The van der Waals surface area contributed by atoms with Crippen LogP contribution in [-0.4, -0.2) is 30.7 Å². The van der Waals surface area contributed by atoms with Crippen molar-refractivity contribution in [2.45, 2.75) is 37.8 Å². The third kappa shape index (κ3) is 3.30. The lowest BCUT2D eigenvalue weighted by molar-refractivity contribution is -0.138. The normalized spacial score (nSPS) is 22.6. The van der Waals surface area contributed by atoms with Gasteiger partial charge >= 0.3 is 6.18 Å². The van der Waals surface area contributed by atoms with Crippen LogP contribution in [0.4, 0.5) is 13.2 Å². The van der Waals surface area contributed by atoms with Crippen LogP contribution in [0, 0.1) is 0 Å². The van der Waals surface area contributed by atoms with Gasteiger partial charge in [0.15, 0.2) is 0 Å².